The third-order valence-electron chi connectivity index (χ3n) is 4.50. The number of amidine groups is 1. The monoisotopic (exact) mass is 459 g/mol. The van der Waals surface area contributed by atoms with Crippen molar-refractivity contribution in [1.82, 2.24) is 0 Å². The fourth-order valence-corrected chi connectivity index (χ4v) is 4.23. The molecule has 0 aromatic heterocycles. The Bertz CT molecular complexity index is 928. The van der Waals surface area contributed by atoms with Crippen LogP contribution in [0.5, 0.6) is 0 Å². The molecule has 0 spiro atoms. The molecule has 2 aromatic carbocycles. The molecule has 1 fully saturated rings. The van der Waals surface area contributed by atoms with E-state index in [9.17, 15) is 9.59 Å². The van der Waals surface area contributed by atoms with Crippen molar-refractivity contribution in [3.63, 3.8) is 0 Å². The maximum Gasteiger partial charge on any atom is 0.247 e. The van der Waals surface area contributed by atoms with Gasteiger partial charge in [0.15, 0.2) is 5.17 Å². The summed E-state index contributed by atoms with van der Waals surface area (Å²) >= 11 is 4.68. The molecule has 0 aliphatic carbocycles. The molecule has 1 unspecified atom stereocenters. The third kappa shape index (κ3) is 4.64. The first-order valence-electron chi connectivity index (χ1n) is 9.06. The highest BCUT2D eigenvalue weighted by Gasteiger charge is 2.40. The van der Waals surface area contributed by atoms with Crippen LogP contribution in [0, 0.1) is 13.8 Å². The number of nitrogens with one attached hydrogen (secondary N) is 1. The van der Waals surface area contributed by atoms with Crippen LogP contribution in [0.2, 0.25) is 0 Å². The number of carbonyl (C=O) groups is 2. The summed E-state index contributed by atoms with van der Waals surface area (Å²) in [7, 11) is 0. The molecule has 3 rings (SSSR count). The lowest BCUT2D eigenvalue weighted by Crippen LogP contribution is -2.31. The van der Waals surface area contributed by atoms with Gasteiger partial charge in [-0.3, -0.25) is 14.6 Å². The van der Waals surface area contributed by atoms with Crippen LogP contribution in [0.1, 0.15) is 24.5 Å². The highest BCUT2D eigenvalue weighted by molar-refractivity contribution is 9.10. The number of aryl methyl sites for hydroxylation is 2. The second-order valence-corrected chi connectivity index (χ2v) is 8.67. The van der Waals surface area contributed by atoms with E-state index in [1.165, 1.54) is 27.8 Å². The van der Waals surface area contributed by atoms with Gasteiger partial charge in [-0.05, 0) is 68.3 Å². The zero-order valence-corrected chi connectivity index (χ0v) is 18.4. The quantitative estimate of drug-likeness (QED) is 0.400. The number of hydrogen-bond donors (Lipinski definition) is 1. The van der Waals surface area contributed by atoms with Gasteiger partial charge in [0.05, 0.1) is 5.69 Å². The molecular formula is C21H22BrN3O2S. The summed E-state index contributed by atoms with van der Waals surface area (Å²) < 4.78 is 0.899. The molecule has 28 heavy (non-hydrogen) atoms. The van der Waals surface area contributed by atoms with E-state index in [-0.39, 0.29) is 18.2 Å². The topological polar surface area (TPSA) is 61.8 Å². The largest absolute Gasteiger partial charge is 0.335 e. The number of thioether (sulfide) groups is 1. The zero-order valence-electron chi connectivity index (χ0n) is 16.0. The van der Waals surface area contributed by atoms with Gasteiger partial charge in [-0.2, -0.15) is 0 Å². The number of carbonyl (C=O) groups excluding carboxylic acids is 2. The molecule has 1 aliphatic heterocycles. The van der Waals surface area contributed by atoms with Gasteiger partial charge in [0, 0.05) is 23.1 Å². The van der Waals surface area contributed by atoms with Crippen LogP contribution in [-0.4, -0.2) is 28.8 Å². The molecule has 1 atom stereocenters. The van der Waals surface area contributed by atoms with Crippen LogP contribution >= 0.6 is 27.7 Å². The SMILES string of the molecule is CCN=C(Nc1ccc(C)c(C)c1)SC1CC(=O)N(c2ccc(Br)cc2)C1=O. The van der Waals surface area contributed by atoms with Gasteiger partial charge in [0.1, 0.15) is 5.25 Å². The van der Waals surface area contributed by atoms with Crippen molar-refractivity contribution in [3.05, 3.63) is 58.1 Å². The minimum atomic E-state index is -0.486. The highest BCUT2D eigenvalue weighted by atomic mass is 79.9. The smallest absolute Gasteiger partial charge is 0.247 e. The number of nitrogens with zero attached hydrogens (tertiary/aromatic N) is 2. The Balaban J connectivity index is 1.75. The van der Waals surface area contributed by atoms with Crippen LogP contribution in [-0.2, 0) is 9.59 Å². The average Bonchev–Trinajstić information content (AvgIpc) is 2.93. The first-order valence-corrected chi connectivity index (χ1v) is 10.7. The lowest BCUT2D eigenvalue weighted by atomic mass is 10.1. The van der Waals surface area contributed by atoms with Crippen LogP contribution < -0.4 is 10.2 Å². The van der Waals surface area contributed by atoms with E-state index in [1.54, 1.807) is 12.1 Å². The van der Waals surface area contributed by atoms with Gasteiger partial charge in [-0.25, -0.2) is 4.90 Å². The van der Waals surface area contributed by atoms with Crippen molar-refractivity contribution in [1.29, 1.82) is 0 Å². The standard InChI is InChI=1S/C21H22BrN3O2S/c1-4-23-21(24-16-8-5-13(2)14(3)11-16)28-18-12-19(26)25(20(18)27)17-9-6-15(22)7-10-17/h5-11,18H,4,12H2,1-3H3,(H,23,24). The predicted molar refractivity (Wildman–Crippen MR) is 120 cm³/mol. The van der Waals surface area contributed by atoms with E-state index >= 15 is 0 Å². The van der Waals surface area contributed by atoms with Crippen molar-refractivity contribution in [2.45, 2.75) is 32.4 Å². The molecule has 1 heterocycles. The molecule has 2 aromatic rings. The predicted octanol–water partition coefficient (Wildman–Crippen LogP) is 4.92. The molecule has 7 heteroatoms. The number of benzene rings is 2. The first kappa shape index (κ1) is 20.6. The Labute approximate surface area is 177 Å². The van der Waals surface area contributed by atoms with Crippen molar-refractivity contribution < 1.29 is 9.59 Å². The molecule has 0 saturated carbocycles. The maximum absolute atomic E-state index is 12.9. The van der Waals surface area contributed by atoms with E-state index in [0.717, 1.165) is 10.2 Å². The Morgan fingerprint density at radius 2 is 1.89 bits per heavy atom. The van der Waals surface area contributed by atoms with Gasteiger partial charge < -0.3 is 5.32 Å². The summed E-state index contributed by atoms with van der Waals surface area (Å²) in [4.78, 5) is 31.1. The minimum absolute atomic E-state index is 0.164. The number of rotatable bonds is 4. The molecule has 1 N–H and O–H groups in total. The highest BCUT2D eigenvalue weighted by Crippen LogP contribution is 2.31. The minimum Gasteiger partial charge on any atom is -0.335 e. The lowest BCUT2D eigenvalue weighted by Gasteiger charge is -2.16. The van der Waals surface area contributed by atoms with E-state index < -0.39 is 5.25 Å². The fourth-order valence-electron chi connectivity index (χ4n) is 2.88. The second-order valence-electron chi connectivity index (χ2n) is 6.56. The molecular weight excluding hydrogens is 438 g/mol. The summed E-state index contributed by atoms with van der Waals surface area (Å²) in [6.07, 6.45) is 0.164. The van der Waals surface area contributed by atoms with E-state index in [0.29, 0.717) is 17.4 Å². The van der Waals surface area contributed by atoms with Crippen LogP contribution in [0.25, 0.3) is 0 Å². The van der Waals surface area contributed by atoms with Crippen LogP contribution in [0.4, 0.5) is 11.4 Å². The number of aliphatic imine (C=N–C) groups is 1. The van der Waals surface area contributed by atoms with E-state index in [2.05, 4.69) is 46.2 Å². The van der Waals surface area contributed by atoms with Crippen LogP contribution in [0.3, 0.4) is 0 Å². The Hall–Kier alpha value is -2.12. The molecule has 1 saturated heterocycles. The normalized spacial score (nSPS) is 17.4. The average molecular weight is 460 g/mol. The van der Waals surface area contributed by atoms with E-state index in [4.69, 9.17) is 0 Å². The van der Waals surface area contributed by atoms with Crippen molar-refractivity contribution in [2.24, 2.45) is 4.99 Å². The van der Waals surface area contributed by atoms with Crippen molar-refractivity contribution in [2.75, 3.05) is 16.8 Å². The molecule has 2 amide bonds. The van der Waals surface area contributed by atoms with E-state index in [1.807, 2.05) is 31.2 Å². The number of imide groups is 1. The number of amides is 2. The summed E-state index contributed by atoms with van der Waals surface area (Å²) in [6, 6.07) is 13.3. The Morgan fingerprint density at radius 3 is 2.54 bits per heavy atom. The number of hydrogen-bond acceptors (Lipinski definition) is 4. The zero-order chi connectivity index (χ0) is 20.3. The fraction of sp³-hybridized carbons (Fsp3) is 0.286. The second kappa shape index (κ2) is 8.92. The van der Waals surface area contributed by atoms with Crippen molar-refractivity contribution >= 4 is 56.0 Å². The molecule has 0 bridgehead atoms. The molecule has 1 aliphatic rings. The third-order valence-corrected chi connectivity index (χ3v) is 6.14. The van der Waals surface area contributed by atoms with Crippen LogP contribution in [0.15, 0.2) is 51.9 Å². The van der Waals surface area contributed by atoms with Gasteiger partial charge in [0.2, 0.25) is 11.8 Å². The first-order chi connectivity index (χ1) is 13.4. The van der Waals surface area contributed by atoms with Gasteiger partial charge in [-0.15, -0.1) is 0 Å². The summed E-state index contributed by atoms with van der Waals surface area (Å²) in [6.45, 7) is 6.65. The Morgan fingerprint density at radius 1 is 1.18 bits per heavy atom. The molecule has 146 valence electrons. The lowest BCUT2D eigenvalue weighted by molar-refractivity contribution is -0.121. The van der Waals surface area contributed by atoms with Gasteiger partial charge in [-0.1, -0.05) is 33.8 Å². The molecule has 0 radical (unpaired) electrons. The summed E-state index contributed by atoms with van der Waals surface area (Å²) in [5.74, 6) is -0.394. The number of halogens is 1. The molecule has 5 nitrogen and oxygen atoms in total. The van der Waals surface area contributed by atoms with Crippen molar-refractivity contribution in [3.8, 4) is 0 Å². The summed E-state index contributed by atoms with van der Waals surface area (Å²) in [5.41, 5.74) is 3.91. The number of anilines is 2. The maximum atomic E-state index is 12.9. The Kier molecular flexibility index (Phi) is 6.57. The summed E-state index contributed by atoms with van der Waals surface area (Å²) in [5, 5.41) is 3.46. The van der Waals surface area contributed by atoms with Gasteiger partial charge in [0.25, 0.3) is 0 Å². The van der Waals surface area contributed by atoms with Gasteiger partial charge >= 0.3 is 0 Å².